The highest BCUT2D eigenvalue weighted by Gasteiger charge is 2.12. The molecule has 7 nitrogen and oxygen atoms in total. The molecule has 33 heavy (non-hydrogen) atoms. The van der Waals surface area contributed by atoms with Gasteiger partial charge >= 0.3 is 5.97 Å². The van der Waals surface area contributed by atoms with Gasteiger partial charge in [-0.1, -0.05) is 15.9 Å². The van der Waals surface area contributed by atoms with E-state index in [2.05, 4.69) is 26.5 Å². The number of halogens is 2. The summed E-state index contributed by atoms with van der Waals surface area (Å²) in [7, 11) is 0. The van der Waals surface area contributed by atoms with Crippen molar-refractivity contribution in [2.45, 2.75) is 6.92 Å². The second-order valence-corrected chi connectivity index (χ2v) is 7.48. The summed E-state index contributed by atoms with van der Waals surface area (Å²) in [5.41, 5.74) is 3.14. The summed E-state index contributed by atoms with van der Waals surface area (Å²) in [4.78, 5) is 24.4. The number of nitrogens with one attached hydrogen (secondary N) is 1. The molecular weight excluding hydrogens is 495 g/mol. The molecule has 1 N–H and O–H groups in total. The lowest BCUT2D eigenvalue weighted by atomic mass is 10.2. The van der Waals surface area contributed by atoms with Gasteiger partial charge < -0.3 is 14.2 Å². The topological polar surface area (TPSA) is 86.2 Å². The van der Waals surface area contributed by atoms with E-state index in [-0.39, 0.29) is 12.4 Å². The molecule has 0 aromatic heterocycles. The first-order valence-electron chi connectivity index (χ1n) is 9.89. The van der Waals surface area contributed by atoms with Crippen LogP contribution in [0.4, 0.5) is 4.39 Å². The third-order valence-corrected chi connectivity index (χ3v) is 4.65. The fourth-order valence-electron chi connectivity index (χ4n) is 2.61. The van der Waals surface area contributed by atoms with Crippen LogP contribution in [0.2, 0.25) is 0 Å². The number of nitrogens with zero attached hydrogens (tertiary/aromatic N) is 1. The van der Waals surface area contributed by atoms with E-state index in [1.54, 1.807) is 42.5 Å². The maximum absolute atomic E-state index is 12.9. The first-order valence-corrected chi connectivity index (χ1v) is 10.7. The van der Waals surface area contributed by atoms with Crippen molar-refractivity contribution in [3.05, 3.63) is 88.1 Å². The first kappa shape index (κ1) is 23.9. The highest BCUT2D eigenvalue weighted by atomic mass is 79.9. The Labute approximate surface area is 198 Å². The van der Waals surface area contributed by atoms with E-state index in [1.807, 2.05) is 6.92 Å². The molecule has 0 radical (unpaired) electrons. The smallest absolute Gasteiger partial charge is 0.343 e. The SMILES string of the molecule is CCOc1ccc(C(=O)Oc2ccc(Br)cc2/C=N/NC(=O)COc2ccc(F)cc2)cc1. The van der Waals surface area contributed by atoms with E-state index in [1.165, 1.54) is 30.5 Å². The monoisotopic (exact) mass is 514 g/mol. The second kappa shape index (κ2) is 11.8. The van der Waals surface area contributed by atoms with Crippen molar-refractivity contribution in [1.29, 1.82) is 0 Å². The van der Waals surface area contributed by atoms with Gasteiger partial charge in [-0.2, -0.15) is 5.10 Å². The summed E-state index contributed by atoms with van der Waals surface area (Å²) in [6, 6.07) is 16.9. The number of carbonyl (C=O) groups is 2. The van der Waals surface area contributed by atoms with E-state index in [9.17, 15) is 14.0 Å². The lowest BCUT2D eigenvalue weighted by molar-refractivity contribution is -0.123. The van der Waals surface area contributed by atoms with Crippen molar-refractivity contribution in [2.75, 3.05) is 13.2 Å². The lowest BCUT2D eigenvalue weighted by Crippen LogP contribution is -2.24. The number of hydrogen-bond donors (Lipinski definition) is 1. The van der Waals surface area contributed by atoms with Crippen molar-refractivity contribution in [3.63, 3.8) is 0 Å². The third-order valence-electron chi connectivity index (χ3n) is 4.15. The maximum Gasteiger partial charge on any atom is 0.343 e. The van der Waals surface area contributed by atoms with Crippen molar-refractivity contribution in [3.8, 4) is 17.2 Å². The minimum Gasteiger partial charge on any atom is -0.494 e. The Morgan fingerprint density at radius 3 is 2.36 bits per heavy atom. The zero-order valence-electron chi connectivity index (χ0n) is 17.6. The second-order valence-electron chi connectivity index (χ2n) is 6.56. The molecule has 9 heteroatoms. The largest absolute Gasteiger partial charge is 0.494 e. The van der Waals surface area contributed by atoms with Gasteiger partial charge in [0.1, 0.15) is 23.1 Å². The third kappa shape index (κ3) is 7.43. The Morgan fingerprint density at radius 1 is 1.00 bits per heavy atom. The van der Waals surface area contributed by atoms with Crippen LogP contribution < -0.4 is 19.6 Å². The molecule has 3 aromatic carbocycles. The van der Waals surface area contributed by atoms with Gasteiger partial charge in [0.25, 0.3) is 5.91 Å². The van der Waals surface area contributed by atoms with Gasteiger partial charge in [-0.25, -0.2) is 14.6 Å². The molecule has 3 rings (SSSR count). The zero-order valence-corrected chi connectivity index (χ0v) is 19.2. The zero-order chi connectivity index (χ0) is 23.6. The molecule has 0 aliphatic carbocycles. The fraction of sp³-hybridized carbons (Fsp3) is 0.125. The summed E-state index contributed by atoms with van der Waals surface area (Å²) in [6.45, 7) is 2.10. The van der Waals surface area contributed by atoms with E-state index in [0.717, 1.165) is 4.47 Å². The molecule has 0 aliphatic rings. The van der Waals surface area contributed by atoms with Crippen LogP contribution in [0.5, 0.6) is 17.2 Å². The predicted octanol–water partition coefficient (Wildman–Crippen LogP) is 4.74. The quantitative estimate of drug-likeness (QED) is 0.193. The Hall–Kier alpha value is -3.72. The van der Waals surface area contributed by atoms with Crippen LogP contribution in [-0.2, 0) is 4.79 Å². The number of hydrazone groups is 1. The number of amides is 1. The van der Waals surface area contributed by atoms with Gasteiger partial charge in [0, 0.05) is 10.0 Å². The van der Waals surface area contributed by atoms with Crippen LogP contribution >= 0.6 is 15.9 Å². The van der Waals surface area contributed by atoms with Gasteiger partial charge in [0.05, 0.1) is 18.4 Å². The summed E-state index contributed by atoms with van der Waals surface area (Å²) in [6.07, 6.45) is 1.35. The maximum atomic E-state index is 12.9. The lowest BCUT2D eigenvalue weighted by Gasteiger charge is -2.09. The highest BCUT2D eigenvalue weighted by Crippen LogP contribution is 2.23. The molecule has 0 unspecified atom stereocenters. The van der Waals surface area contributed by atoms with Gasteiger partial charge in [-0.05, 0) is 73.7 Å². The molecule has 0 atom stereocenters. The predicted molar refractivity (Wildman–Crippen MR) is 124 cm³/mol. The number of rotatable bonds is 9. The number of ether oxygens (including phenoxy) is 3. The Bertz CT molecular complexity index is 1130. The summed E-state index contributed by atoms with van der Waals surface area (Å²) >= 11 is 3.36. The minimum absolute atomic E-state index is 0.262. The summed E-state index contributed by atoms with van der Waals surface area (Å²) in [5, 5.41) is 3.89. The molecule has 0 fully saturated rings. The van der Waals surface area contributed by atoms with Gasteiger partial charge in [-0.15, -0.1) is 0 Å². The van der Waals surface area contributed by atoms with Crippen LogP contribution in [0.15, 0.2) is 76.3 Å². The first-order chi connectivity index (χ1) is 15.9. The van der Waals surface area contributed by atoms with Crippen LogP contribution in [0.3, 0.4) is 0 Å². The molecule has 0 bridgehead atoms. The normalized spacial score (nSPS) is 10.6. The van der Waals surface area contributed by atoms with Crippen LogP contribution in [0, 0.1) is 5.82 Å². The van der Waals surface area contributed by atoms with Gasteiger partial charge in [-0.3, -0.25) is 4.79 Å². The minimum atomic E-state index is -0.549. The van der Waals surface area contributed by atoms with Crippen LogP contribution in [0.1, 0.15) is 22.8 Å². The van der Waals surface area contributed by atoms with E-state index in [0.29, 0.717) is 29.2 Å². The number of esters is 1. The summed E-state index contributed by atoms with van der Waals surface area (Å²) in [5.74, 6) is -0.192. The molecule has 3 aromatic rings. The van der Waals surface area contributed by atoms with Crippen LogP contribution in [-0.4, -0.2) is 31.3 Å². The Balaban J connectivity index is 1.60. The number of hydrogen-bond acceptors (Lipinski definition) is 6. The molecule has 0 spiro atoms. The fourth-order valence-corrected chi connectivity index (χ4v) is 2.99. The van der Waals surface area contributed by atoms with Crippen LogP contribution in [0.25, 0.3) is 0 Å². The van der Waals surface area contributed by atoms with Gasteiger partial charge in [0.2, 0.25) is 0 Å². The molecule has 1 amide bonds. The van der Waals surface area contributed by atoms with E-state index < -0.39 is 17.7 Å². The number of carbonyl (C=O) groups excluding carboxylic acids is 2. The average molecular weight is 515 g/mol. The van der Waals surface area contributed by atoms with Gasteiger partial charge in [0.15, 0.2) is 6.61 Å². The van der Waals surface area contributed by atoms with Crippen molar-refractivity contribution < 1.29 is 28.2 Å². The Morgan fingerprint density at radius 2 is 1.67 bits per heavy atom. The molecular formula is C24H20BrFN2O5. The van der Waals surface area contributed by atoms with Crippen molar-refractivity contribution >= 4 is 34.0 Å². The van der Waals surface area contributed by atoms with E-state index in [4.69, 9.17) is 14.2 Å². The highest BCUT2D eigenvalue weighted by molar-refractivity contribution is 9.10. The molecule has 0 saturated carbocycles. The summed E-state index contributed by atoms with van der Waals surface area (Å²) < 4.78 is 29.8. The average Bonchev–Trinajstić information content (AvgIpc) is 2.81. The molecule has 0 heterocycles. The standard InChI is InChI=1S/C24H20BrFN2O5/c1-2-31-20-8-3-16(4-9-20)24(30)33-22-12-5-18(25)13-17(22)14-27-28-23(29)15-32-21-10-6-19(26)7-11-21/h3-14H,2,15H2,1H3,(H,28,29)/b27-14+. The molecule has 170 valence electrons. The molecule has 0 aliphatic heterocycles. The van der Waals surface area contributed by atoms with Crippen molar-refractivity contribution in [2.24, 2.45) is 5.10 Å². The Kier molecular flexibility index (Phi) is 8.54. The van der Waals surface area contributed by atoms with E-state index >= 15 is 0 Å². The van der Waals surface area contributed by atoms with Crippen molar-refractivity contribution in [1.82, 2.24) is 5.43 Å². The number of benzene rings is 3. The molecule has 0 saturated heterocycles.